The Labute approximate surface area is 120 Å². The molecule has 1 fully saturated rings. The van der Waals surface area contributed by atoms with Gasteiger partial charge in [0.2, 0.25) is 5.91 Å². The number of Topliss-reactive ketones (excluding diaryl/α,β-unsaturated/α-hetero) is 1. The molecule has 0 aromatic rings. The first-order valence-electron chi connectivity index (χ1n) is 7.33. The van der Waals surface area contributed by atoms with Gasteiger partial charge in [-0.05, 0) is 25.8 Å². The van der Waals surface area contributed by atoms with Crippen molar-refractivity contribution in [2.45, 2.75) is 39.0 Å². The predicted octanol–water partition coefficient (Wildman–Crippen LogP) is 2.45. The number of nitrogens with zero attached hydrogens (tertiary/aromatic N) is 1. The average molecular weight is 277 g/mol. The molecule has 1 heterocycles. The van der Waals surface area contributed by atoms with Gasteiger partial charge in [-0.25, -0.2) is 0 Å². The lowest BCUT2D eigenvalue weighted by atomic mass is 9.93. The van der Waals surface area contributed by atoms with Crippen molar-refractivity contribution in [3.63, 3.8) is 0 Å². The van der Waals surface area contributed by atoms with Crippen LogP contribution in [0.5, 0.6) is 0 Å². The Hall–Kier alpha value is -1.58. The van der Waals surface area contributed by atoms with Crippen LogP contribution < -0.4 is 0 Å². The van der Waals surface area contributed by atoms with E-state index in [4.69, 9.17) is 4.74 Å². The van der Waals surface area contributed by atoms with Gasteiger partial charge in [-0.2, -0.15) is 0 Å². The summed E-state index contributed by atoms with van der Waals surface area (Å²) in [6, 6.07) is 0. The Balaban J connectivity index is 2.05. The van der Waals surface area contributed by atoms with Crippen molar-refractivity contribution in [3.8, 4) is 0 Å². The van der Waals surface area contributed by atoms with Crippen molar-refractivity contribution in [1.29, 1.82) is 0 Å². The normalized spacial score (nSPS) is 24.4. The smallest absolute Gasteiger partial charge is 0.229 e. The Morgan fingerprint density at radius 1 is 1.30 bits per heavy atom. The van der Waals surface area contributed by atoms with Crippen LogP contribution in [0.25, 0.3) is 0 Å². The van der Waals surface area contributed by atoms with Gasteiger partial charge in [-0.3, -0.25) is 9.59 Å². The second kappa shape index (κ2) is 6.73. The van der Waals surface area contributed by atoms with E-state index in [-0.39, 0.29) is 17.6 Å². The molecule has 4 nitrogen and oxygen atoms in total. The number of rotatable bonds is 2. The van der Waals surface area contributed by atoms with Gasteiger partial charge >= 0.3 is 0 Å². The van der Waals surface area contributed by atoms with Crippen LogP contribution in [0.1, 0.15) is 39.0 Å². The van der Waals surface area contributed by atoms with E-state index in [0.717, 1.165) is 30.6 Å². The minimum atomic E-state index is -0.0575. The molecule has 2 aliphatic rings. The maximum atomic E-state index is 12.5. The van der Waals surface area contributed by atoms with Gasteiger partial charge in [0.1, 0.15) is 5.78 Å². The summed E-state index contributed by atoms with van der Waals surface area (Å²) in [5.74, 6) is 1.36. The maximum Gasteiger partial charge on any atom is 0.229 e. The van der Waals surface area contributed by atoms with Crippen molar-refractivity contribution in [1.82, 2.24) is 4.90 Å². The fourth-order valence-electron chi connectivity index (χ4n) is 2.84. The summed E-state index contributed by atoms with van der Waals surface area (Å²) < 4.78 is 5.31. The molecule has 1 atom stereocenters. The highest BCUT2D eigenvalue weighted by molar-refractivity contribution is 5.85. The first-order chi connectivity index (χ1) is 9.60. The highest BCUT2D eigenvalue weighted by atomic mass is 16.5. The molecule has 0 N–H and O–H groups in total. The molecule has 1 amide bonds. The summed E-state index contributed by atoms with van der Waals surface area (Å²) in [5.41, 5.74) is 1.08. The highest BCUT2D eigenvalue weighted by Gasteiger charge is 2.26. The lowest BCUT2D eigenvalue weighted by molar-refractivity contribution is -0.137. The van der Waals surface area contributed by atoms with E-state index in [1.54, 1.807) is 7.11 Å². The lowest BCUT2D eigenvalue weighted by Crippen LogP contribution is -2.41. The van der Waals surface area contributed by atoms with Gasteiger partial charge < -0.3 is 9.64 Å². The summed E-state index contributed by atoms with van der Waals surface area (Å²) in [7, 11) is 1.69. The van der Waals surface area contributed by atoms with E-state index in [0.29, 0.717) is 25.9 Å². The first-order valence-corrected chi connectivity index (χ1v) is 7.33. The number of ether oxygens (including phenoxy) is 1. The minimum absolute atomic E-state index is 0.0575. The number of amides is 1. The van der Waals surface area contributed by atoms with Crippen molar-refractivity contribution in [3.05, 3.63) is 23.5 Å². The van der Waals surface area contributed by atoms with Gasteiger partial charge in [0.05, 0.1) is 18.8 Å². The Morgan fingerprint density at radius 3 is 2.65 bits per heavy atom. The molecule has 110 valence electrons. The predicted molar refractivity (Wildman–Crippen MR) is 77.0 cm³/mol. The molecule has 0 aromatic carbocycles. The fourth-order valence-corrected chi connectivity index (χ4v) is 2.84. The summed E-state index contributed by atoms with van der Waals surface area (Å²) in [4.78, 5) is 25.6. The molecule has 0 saturated carbocycles. The van der Waals surface area contributed by atoms with Crippen molar-refractivity contribution in [2.75, 3.05) is 20.2 Å². The molecule has 4 heteroatoms. The molecule has 1 unspecified atom stereocenters. The second-order valence-electron chi connectivity index (χ2n) is 5.59. The zero-order chi connectivity index (χ0) is 14.5. The quantitative estimate of drug-likeness (QED) is 0.779. The standard InChI is InChI=1S/C16H23NO3/c1-12-10-13(4-3-5-15(11-12)20-2)16(19)17-8-6-14(18)7-9-17/h10-11,13H,3-9H2,1-2H3. The number of piperidine rings is 1. The van der Waals surface area contributed by atoms with Gasteiger partial charge in [0, 0.05) is 32.4 Å². The maximum absolute atomic E-state index is 12.5. The number of likely N-dealkylation sites (tertiary alicyclic amines) is 1. The third-order valence-electron chi connectivity index (χ3n) is 4.00. The van der Waals surface area contributed by atoms with Crippen LogP contribution in [0.3, 0.4) is 0 Å². The topological polar surface area (TPSA) is 46.6 Å². The summed E-state index contributed by atoms with van der Waals surface area (Å²) in [6.07, 6.45) is 7.75. The van der Waals surface area contributed by atoms with E-state index in [9.17, 15) is 9.59 Å². The highest BCUT2D eigenvalue weighted by Crippen LogP contribution is 2.23. The van der Waals surface area contributed by atoms with Gasteiger partial charge in [0.25, 0.3) is 0 Å². The number of carbonyl (C=O) groups is 2. The van der Waals surface area contributed by atoms with E-state index >= 15 is 0 Å². The summed E-state index contributed by atoms with van der Waals surface area (Å²) in [5, 5.41) is 0. The van der Waals surface area contributed by atoms with Crippen LogP contribution >= 0.6 is 0 Å². The lowest BCUT2D eigenvalue weighted by Gasteiger charge is -2.29. The number of allylic oxidation sites excluding steroid dienone is 3. The van der Waals surface area contributed by atoms with Crippen LogP contribution in [-0.2, 0) is 14.3 Å². The fraction of sp³-hybridized carbons (Fsp3) is 0.625. The molecule has 20 heavy (non-hydrogen) atoms. The zero-order valence-corrected chi connectivity index (χ0v) is 12.4. The summed E-state index contributed by atoms with van der Waals surface area (Å²) in [6.45, 7) is 3.17. The van der Waals surface area contributed by atoms with E-state index in [1.807, 2.05) is 24.0 Å². The second-order valence-corrected chi connectivity index (χ2v) is 5.59. The van der Waals surface area contributed by atoms with E-state index < -0.39 is 0 Å². The SMILES string of the molecule is COC1=CC(C)=CC(C(=O)N2CCC(=O)CC2)CCC1. The van der Waals surface area contributed by atoms with Gasteiger partial charge in [-0.15, -0.1) is 0 Å². The van der Waals surface area contributed by atoms with E-state index in [1.165, 1.54) is 0 Å². The van der Waals surface area contributed by atoms with Crippen molar-refractivity contribution < 1.29 is 14.3 Å². The molecule has 0 spiro atoms. The van der Waals surface area contributed by atoms with E-state index in [2.05, 4.69) is 0 Å². The molecule has 1 aliphatic carbocycles. The third-order valence-corrected chi connectivity index (χ3v) is 4.00. The van der Waals surface area contributed by atoms with Crippen LogP contribution in [0.4, 0.5) is 0 Å². The Kier molecular flexibility index (Phi) is 4.99. The number of carbonyl (C=O) groups excluding carboxylic acids is 2. The number of methoxy groups -OCH3 is 1. The van der Waals surface area contributed by atoms with Crippen LogP contribution in [-0.4, -0.2) is 36.8 Å². The third kappa shape index (κ3) is 3.71. The van der Waals surface area contributed by atoms with Crippen molar-refractivity contribution >= 4 is 11.7 Å². The molecule has 0 aromatic heterocycles. The average Bonchev–Trinajstić information content (AvgIpc) is 2.42. The Bertz CT molecular complexity index is 441. The molecule has 0 bridgehead atoms. The van der Waals surface area contributed by atoms with Crippen LogP contribution in [0.15, 0.2) is 23.5 Å². The number of hydrogen-bond acceptors (Lipinski definition) is 3. The summed E-state index contributed by atoms with van der Waals surface area (Å²) >= 11 is 0. The van der Waals surface area contributed by atoms with Crippen LogP contribution in [0, 0.1) is 5.92 Å². The molecular formula is C16H23NO3. The minimum Gasteiger partial charge on any atom is -0.501 e. The molecule has 1 aliphatic heterocycles. The number of ketones is 1. The van der Waals surface area contributed by atoms with Crippen molar-refractivity contribution in [2.24, 2.45) is 5.92 Å². The Morgan fingerprint density at radius 2 is 2.00 bits per heavy atom. The largest absolute Gasteiger partial charge is 0.501 e. The first kappa shape index (κ1) is 14.8. The molecule has 0 radical (unpaired) electrons. The molecule has 2 rings (SSSR count). The van der Waals surface area contributed by atoms with Gasteiger partial charge in [0.15, 0.2) is 0 Å². The van der Waals surface area contributed by atoms with Crippen LogP contribution in [0.2, 0.25) is 0 Å². The molecule has 1 saturated heterocycles. The van der Waals surface area contributed by atoms with Gasteiger partial charge in [-0.1, -0.05) is 11.6 Å². The number of hydrogen-bond donors (Lipinski definition) is 0. The zero-order valence-electron chi connectivity index (χ0n) is 12.4. The molecular weight excluding hydrogens is 254 g/mol. The monoisotopic (exact) mass is 277 g/mol.